The van der Waals surface area contributed by atoms with Crippen LogP contribution in [-0.4, -0.2) is 29.6 Å². The van der Waals surface area contributed by atoms with E-state index < -0.39 is 0 Å². The number of rotatable bonds is 3. The highest BCUT2D eigenvalue weighted by Gasteiger charge is 2.31. The maximum Gasteiger partial charge on any atom is 0.0916 e. The van der Waals surface area contributed by atoms with Crippen LogP contribution in [0.4, 0.5) is 0 Å². The van der Waals surface area contributed by atoms with E-state index in [9.17, 15) is 5.11 Å². The Morgan fingerprint density at radius 3 is 2.58 bits per heavy atom. The number of nitrogens with zero attached hydrogens (tertiary/aromatic N) is 1. The predicted molar refractivity (Wildman–Crippen MR) is 77.9 cm³/mol. The van der Waals surface area contributed by atoms with Gasteiger partial charge in [-0.15, -0.1) is 0 Å². The molecule has 2 heteroatoms. The van der Waals surface area contributed by atoms with Crippen LogP contribution in [0.25, 0.3) is 0 Å². The summed E-state index contributed by atoms with van der Waals surface area (Å²) in [5.41, 5.74) is 1.05. The zero-order chi connectivity index (χ0) is 13.1. The third-order valence-electron chi connectivity index (χ3n) is 4.99. The summed E-state index contributed by atoms with van der Waals surface area (Å²) in [5.74, 6) is 1.87. The molecule has 0 aromatic heterocycles. The second-order valence-electron chi connectivity index (χ2n) is 6.28. The fraction of sp³-hybridized carbons (Fsp3) is 0.647. The first-order valence-corrected chi connectivity index (χ1v) is 7.78. The van der Waals surface area contributed by atoms with E-state index in [0.717, 1.165) is 23.9 Å². The van der Waals surface area contributed by atoms with Crippen LogP contribution >= 0.6 is 0 Å². The monoisotopic (exact) mass is 259 g/mol. The minimum absolute atomic E-state index is 0.332. The molecule has 2 fully saturated rings. The third-order valence-corrected chi connectivity index (χ3v) is 4.99. The quantitative estimate of drug-likeness (QED) is 0.901. The second kappa shape index (κ2) is 6.06. The molecule has 1 N–H and O–H groups in total. The molecule has 0 amide bonds. The molecule has 3 rings (SSSR count). The Kier molecular flexibility index (Phi) is 4.19. The molecular formula is C17H25NO. The Morgan fingerprint density at radius 1 is 1.05 bits per heavy atom. The van der Waals surface area contributed by atoms with Crippen molar-refractivity contribution in [2.75, 3.05) is 19.6 Å². The fourth-order valence-electron chi connectivity index (χ4n) is 3.87. The third kappa shape index (κ3) is 3.18. The van der Waals surface area contributed by atoms with Crippen molar-refractivity contribution < 1.29 is 5.11 Å². The Bertz CT molecular complexity index is 392. The maximum atomic E-state index is 10.3. The van der Waals surface area contributed by atoms with Crippen LogP contribution in [0.5, 0.6) is 0 Å². The summed E-state index contributed by atoms with van der Waals surface area (Å²) in [6.07, 6.45) is 6.71. The molecule has 0 unspecified atom stereocenters. The summed E-state index contributed by atoms with van der Waals surface area (Å²) in [5, 5.41) is 10.3. The van der Waals surface area contributed by atoms with Crippen molar-refractivity contribution in [1.82, 2.24) is 4.90 Å². The molecule has 2 aliphatic rings. The largest absolute Gasteiger partial charge is 0.387 e. The molecule has 1 saturated carbocycles. The Hall–Kier alpha value is -0.860. The predicted octanol–water partition coefficient (Wildman–Crippen LogP) is 3.23. The van der Waals surface area contributed by atoms with E-state index in [0.29, 0.717) is 0 Å². The molecule has 19 heavy (non-hydrogen) atoms. The van der Waals surface area contributed by atoms with E-state index in [1.54, 1.807) is 0 Å². The van der Waals surface area contributed by atoms with E-state index in [4.69, 9.17) is 0 Å². The number of benzene rings is 1. The number of likely N-dealkylation sites (tertiary alicyclic amines) is 1. The highest BCUT2D eigenvalue weighted by Crippen LogP contribution is 2.36. The molecule has 0 spiro atoms. The lowest BCUT2D eigenvalue weighted by molar-refractivity contribution is 0.0460. The van der Waals surface area contributed by atoms with Crippen molar-refractivity contribution in [3.63, 3.8) is 0 Å². The molecule has 0 radical (unpaired) electrons. The van der Waals surface area contributed by atoms with Crippen LogP contribution in [0, 0.1) is 11.8 Å². The number of β-amino-alcohol motifs (C(OH)–C–C–N with tert-alkyl or cyclic N) is 1. The Balaban J connectivity index is 1.56. The second-order valence-corrected chi connectivity index (χ2v) is 6.28. The van der Waals surface area contributed by atoms with Gasteiger partial charge in [0, 0.05) is 13.1 Å². The van der Waals surface area contributed by atoms with Crippen molar-refractivity contribution in [3.05, 3.63) is 35.9 Å². The molecule has 104 valence electrons. The van der Waals surface area contributed by atoms with Gasteiger partial charge in [0.2, 0.25) is 0 Å². The molecule has 1 saturated heterocycles. The zero-order valence-corrected chi connectivity index (χ0v) is 11.7. The van der Waals surface area contributed by atoms with Crippen LogP contribution in [0.2, 0.25) is 0 Å². The summed E-state index contributed by atoms with van der Waals surface area (Å²) in [7, 11) is 0. The number of aliphatic hydroxyl groups excluding tert-OH is 1. The van der Waals surface area contributed by atoms with Gasteiger partial charge in [0.25, 0.3) is 0 Å². The van der Waals surface area contributed by atoms with Crippen LogP contribution in [0.3, 0.4) is 0 Å². The van der Waals surface area contributed by atoms with Gasteiger partial charge < -0.3 is 10.0 Å². The van der Waals surface area contributed by atoms with Crippen LogP contribution in [0.1, 0.15) is 43.8 Å². The van der Waals surface area contributed by atoms with Crippen molar-refractivity contribution in [2.24, 2.45) is 11.8 Å². The normalized spacial score (nSPS) is 29.7. The van der Waals surface area contributed by atoms with Crippen molar-refractivity contribution in [3.8, 4) is 0 Å². The highest BCUT2D eigenvalue weighted by atomic mass is 16.3. The highest BCUT2D eigenvalue weighted by molar-refractivity contribution is 5.17. The molecule has 2 nitrogen and oxygen atoms in total. The first kappa shape index (κ1) is 13.1. The van der Waals surface area contributed by atoms with Gasteiger partial charge in [-0.3, -0.25) is 0 Å². The van der Waals surface area contributed by atoms with E-state index >= 15 is 0 Å². The van der Waals surface area contributed by atoms with Gasteiger partial charge in [-0.05, 0) is 36.8 Å². The number of piperidine rings is 1. The van der Waals surface area contributed by atoms with Crippen molar-refractivity contribution in [2.45, 2.75) is 38.2 Å². The van der Waals surface area contributed by atoms with E-state index in [1.165, 1.54) is 45.2 Å². The lowest BCUT2D eigenvalue weighted by atomic mass is 9.75. The average molecular weight is 259 g/mol. The van der Waals surface area contributed by atoms with Gasteiger partial charge in [-0.1, -0.05) is 49.6 Å². The number of hydrogen-bond donors (Lipinski definition) is 1. The minimum Gasteiger partial charge on any atom is -0.387 e. The molecule has 1 aliphatic heterocycles. The topological polar surface area (TPSA) is 23.5 Å². The average Bonchev–Trinajstić information content (AvgIpc) is 2.48. The van der Waals surface area contributed by atoms with Gasteiger partial charge in [0.15, 0.2) is 0 Å². The molecule has 1 aromatic rings. The van der Waals surface area contributed by atoms with E-state index in [2.05, 4.69) is 4.90 Å². The molecule has 1 heterocycles. The van der Waals surface area contributed by atoms with Gasteiger partial charge in [-0.2, -0.15) is 0 Å². The number of hydrogen-bond acceptors (Lipinski definition) is 2. The fourth-order valence-corrected chi connectivity index (χ4v) is 3.87. The number of fused-ring (bicyclic) bond motifs is 1. The van der Waals surface area contributed by atoms with Crippen LogP contribution in [-0.2, 0) is 0 Å². The van der Waals surface area contributed by atoms with Gasteiger partial charge in [-0.25, -0.2) is 0 Å². The van der Waals surface area contributed by atoms with Crippen molar-refractivity contribution >= 4 is 0 Å². The van der Waals surface area contributed by atoms with Crippen LogP contribution in [0.15, 0.2) is 30.3 Å². The summed E-state index contributed by atoms with van der Waals surface area (Å²) in [6.45, 7) is 3.17. The van der Waals surface area contributed by atoms with Gasteiger partial charge >= 0.3 is 0 Å². The molecule has 1 aliphatic carbocycles. The minimum atomic E-state index is -0.332. The zero-order valence-electron chi connectivity index (χ0n) is 11.7. The first-order valence-electron chi connectivity index (χ1n) is 7.78. The lowest BCUT2D eigenvalue weighted by Gasteiger charge is -2.41. The molecule has 0 bridgehead atoms. The Morgan fingerprint density at radius 2 is 1.79 bits per heavy atom. The molecule has 1 aromatic carbocycles. The first-order chi connectivity index (χ1) is 9.33. The van der Waals surface area contributed by atoms with Crippen molar-refractivity contribution in [1.29, 1.82) is 0 Å². The molecule has 3 atom stereocenters. The SMILES string of the molecule is O[C@H](CN1CC[C@@H]2CCCC[C@@H]2C1)c1ccccc1. The summed E-state index contributed by atoms with van der Waals surface area (Å²) in [6, 6.07) is 10.1. The summed E-state index contributed by atoms with van der Waals surface area (Å²) in [4.78, 5) is 2.48. The van der Waals surface area contributed by atoms with E-state index in [-0.39, 0.29) is 6.10 Å². The molecular weight excluding hydrogens is 234 g/mol. The van der Waals surface area contributed by atoms with E-state index in [1.807, 2.05) is 30.3 Å². The number of aliphatic hydroxyl groups is 1. The standard InChI is InChI=1S/C17H25NO/c19-17(15-7-2-1-3-8-15)13-18-11-10-14-6-4-5-9-16(14)12-18/h1-3,7-8,14,16-17,19H,4-6,9-13H2/t14-,16+,17+/m0/s1. The van der Waals surface area contributed by atoms with Gasteiger partial charge in [0.1, 0.15) is 0 Å². The summed E-state index contributed by atoms with van der Waals surface area (Å²) >= 11 is 0. The summed E-state index contributed by atoms with van der Waals surface area (Å²) < 4.78 is 0. The lowest BCUT2D eigenvalue weighted by Crippen LogP contribution is -2.43. The van der Waals surface area contributed by atoms with Gasteiger partial charge in [0.05, 0.1) is 6.10 Å². The smallest absolute Gasteiger partial charge is 0.0916 e. The Labute approximate surface area is 116 Å². The van der Waals surface area contributed by atoms with Crippen LogP contribution < -0.4 is 0 Å². The maximum absolute atomic E-state index is 10.3.